The fraction of sp³-hybridized carbons (Fsp3) is 0.300. The molecule has 1 atom stereocenters. The summed E-state index contributed by atoms with van der Waals surface area (Å²) in [6, 6.07) is 17.0. The molecule has 118 valence electrons. The van der Waals surface area contributed by atoms with Crippen molar-refractivity contribution in [1.29, 1.82) is 0 Å². The molecule has 0 spiro atoms. The van der Waals surface area contributed by atoms with Crippen LogP contribution in [0.5, 0.6) is 0 Å². The number of nitrogens with one attached hydrogen (secondary N) is 1. The largest absolute Gasteiger partial charge is 0.361 e. The molecule has 0 radical (unpaired) electrons. The summed E-state index contributed by atoms with van der Waals surface area (Å²) in [6.07, 6.45) is 4.47. The second-order valence-corrected chi connectivity index (χ2v) is 6.89. The first-order chi connectivity index (χ1) is 11.3. The molecule has 4 rings (SSSR count). The van der Waals surface area contributed by atoms with Crippen molar-refractivity contribution in [3.8, 4) is 0 Å². The minimum absolute atomic E-state index is 0.689. The Kier molecular flexibility index (Phi) is 4.11. The molecule has 2 aromatic carbocycles. The molecule has 0 aliphatic carbocycles. The lowest BCUT2D eigenvalue weighted by Gasteiger charge is -2.16. The van der Waals surface area contributed by atoms with Crippen LogP contribution < -0.4 is 0 Å². The minimum Gasteiger partial charge on any atom is -0.361 e. The van der Waals surface area contributed by atoms with Crippen LogP contribution in [0.2, 0.25) is 5.02 Å². The molecular weight excluding hydrogens is 304 g/mol. The lowest BCUT2D eigenvalue weighted by Crippen LogP contribution is -2.23. The number of fused-ring (bicyclic) bond motifs is 1. The zero-order valence-corrected chi connectivity index (χ0v) is 13.9. The van der Waals surface area contributed by atoms with Gasteiger partial charge in [-0.15, -0.1) is 0 Å². The highest BCUT2D eigenvalue weighted by atomic mass is 35.5. The maximum Gasteiger partial charge on any atom is 0.0457 e. The molecule has 3 heteroatoms. The predicted octanol–water partition coefficient (Wildman–Crippen LogP) is 4.85. The SMILES string of the molecule is Clc1ccc2[nH]cc(CCN3CCC(c4ccccc4)C3)c2c1. The lowest BCUT2D eigenvalue weighted by molar-refractivity contribution is 0.339. The Morgan fingerprint density at radius 1 is 1.13 bits per heavy atom. The Morgan fingerprint density at radius 2 is 2.00 bits per heavy atom. The van der Waals surface area contributed by atoms with Crippen molar-refractivity contribution in [2.45, 2.75) is 18.8 Å². The number of hydrogen-bond donors (Lipinski definition) is 1. The number of nitrogens with zero attached hydrogens (tertiary/aromatic N) is 1. The van der Waals surface area contributed by atoms with Crippen molar-refractivity contribution in [1.82, 2.24) is 9.88 Å². The number of likely N-dealkylation sites (tertiary alicyclic amines) is 1. The average Bonchev–Trinajstić information content (AvgIpc) is 3.20. The van der Waals surface area contributed by atoms with Crippen LogP contribution in [0.1, 0.15) is 23.5 Å². The van der Waals surface area contributed by atoms with Crippen molar-refractivity contribution < 1.29 is 0 Å². The second-order valence-electron chi connectivity index (χ2n) is 6.45. The Balaban J connectivity index is 1.41. The average molecular weight is 325 g/mol. The van der Waals surface area contributed by atoms with Gasteiger partial charge in [-0.05, 0) is 54.6 Å². The number of benzene rings is 2. The molecule has 1 N–H and O–H groups in total. The first-order valence-corrected chi connectivity index (χ1v) is 8.70. The van der Waals surface area contributed by atoms with Gasteiger partial charge in [0.25, 0.3) is 0 Å². The van der Waals surface area contributed by atoms with E-state index in [1.54, 1.807) is 0 Å². The molecule has 2 heterocycles. The van der Waals surface area contributed by atoms with Gasteiger partial charge < -0.3 is 9.88 Å². The van der Waals surface area contributed by atoms with Gasteiger partial charge in [0, 0.05) is 35.2 Å². The molecule has 1 aliphatic rings. The number of aromatic nitrogens is 1. The van der Waals surface area contributed by atoms with Crippen molar-refractivity contribution in [3.63, 3.8) is 0 Å². The Morgan fingerprint density at radius 3 is 2.87 bits per heavy atom. The van der Waals surface area contributed by atoms with Crippen LogP contribution in [-0.4, -0.2) is 29.5 Å². The minimum atomic E-state index is 0.689. The van der Waals surface area contributed by atoms with E-state index in [4.69, 9.17) is 11.6 Å². The third-order valence-corrected chi connectivity index (χ3v) is 5.21. The molecule has 1 aliphatic heterocycles. The molecular formula is C20H21ClN2. The molecule has 1 unspecified atom stereocenters. The summed E-state index contributed by atoms with van der Waals surface area (Å²) in [6.45, 7) is 3.48. The summed E-state index contributed by atoms with van der Waals surface area (Å²) < 4.78 is 0. The Bertz CT molecular complexity index is 794. The van der Waals surface area contributed by atoms with Gasteiger partial charge in [-0.3, -0.25) is 0 Å². The van der Waals surface area contributed by atoms with Crippen LogP contribution >= 0.6 is 11.6 Å². The van der Waals surface area contributed by atoms with E-state index in [1.807, 2.05) is 6.07 Å². The van der Waals surface area contributed by atoms with Gasteiger partial charge in [0.05, 0.1) is 0 Å². The van der Waals surface area contributed by atoms with Crippen molar-refractivity contribution in [2.75, 3.05) is 19.6 Å². The van der Waals surface area contributed by atoms with Gasteiger partial charge in [0.1, 0.15) is 0 Å². The lowest BCUT2D eigenvalue weighted by atomic mass is 9.99. The van der Waals surface area contributed by atoms with E-state index in [2.05, 4.69) is 58.5 Å². The first kappa shape index (κ1) is 14.8. The van der Waals surface area contributed by atoms with E-state index < -0.39 is 0 Å². The van der Waals surface area contributed by atoms with Crippen LogP contribution in [0.3, 0.4) is 0 Å². The third kappa shape index (κ3) is 3.15. The summed E-state index contributed by atoms with van der Waals surface area (Å²) in [4.78, 5) is 5.93. The molecule has 0 amide bonds. The maximum atomic E-state index is 6.14. The number of aromatic amines is 1. The zero-order chi connectivity index (χ0) is 15.6. The molecule has 1 fully saturated rings. The fourth-order valence-electron chi connectivity index (χ4n) is 3.67. The summed E-state index contributed by atoms with van der Waals surface area (Å²) in [5.74, 6) is 0.689. The first-order valence-electron chi connectivity index (χ1n) is 8.32. The van der Waals surface area contributed by atoms with E-state index in [-0.39, 0.29) is 0 Å². The highest BCUT2D eigenvalue weighted by molar-refractivity contribution is 6.31. The van der Waals surface area contributed by atoms with Crippen LogP contribution in [-0.2, 0) is 6.42 Å². The van der Waals surface area contributed by atoms with E-state index >= 15 is 0 Å². The van der Waals surface area contributed by atoms with Crippen LogP contribution in [0.4, 0.5) is 0 Å². The van der Waals surface area contributed by atoms with Gasteiger partial charge >= 0.3 is 0 Å². The summed E-state index contributed by atoms with van der Waals surface area (Å²) in [5.41, 5.74) is 4.02. The van der Waals surface area contributed by atoms with E-state index in [1.165, 1.54) is 41.5 Å². The number of hydrogen-bond acceptors (Lipinski definition) is 1. The normalized spacial score (nSPS) is 18.7. The van der Waals surface area contributed by atoms with Gasteiger partial charge in [0.15, 0.2) is 0 Å². The molecule has 23 heavy (non-hydrogen) atoms. The molecule has 0 saturated carbocycles. The van der Waals surface area contributed by atoms with Gasteiger partial charge in [0.2, 0.25) is 0 Å². The van der Waals surface area contributed by atoms with Gasteiger partial charge in [-0.1, -0.05) is 41.9 Å². The third-order valence-electron chi connectivity index (χ3n) is 4.97. The van der Waals surface area contributed by atoms with Crippen molar-refractivity contribution in [3.05, 3.63) is 70.9 Å². The molecule has 0 bridgehead atoms. The molecule has 1 saturated heterocycles. The van der Waals surface area contributed by atoms with Crippen LogP contribution in [0.15, 0.2) is 54.7 Å². The number of halogens is 1. The van der Waals surface area contributed by atoms with Crippen LogP contribution in [0.25, 0.3) is 10.9 Å². The van der Waals surface area contributed by atoms with Crippen molar-refractivity contribution >= 4 is 22.5 Å². The predicted molar refractivity (Wildman–Crippen MR) is 97.3 cm³/mol. The molecule has 3 aromatic rings. The number of H-pyrrole nitrogens is 1. The van der Waals surface area contributed by atoms with E-state index in [0.717, 1.165) is 18.0 Å². The van der Waals surface area contributed by atoms with Crippen LogP contribution in [0, 0.1) is 0 Å². The van der Waals surface area contributed by atoms with Crippen molar-refractivity contribution in [2.24, 2.45) is 0 Å². The maximum absolute atomic E-state index is 6.14. The van der Waals surface area contributed by atoms with Gasteiger partial charge in [-0.25, -0.2) is 0 Å². The zero-order valence-electron chi connectivity index (χ0n) is 13.1. The topological polar surface area (TPSA) is 19.0 Å². The standard InChI is InChI=1S/C20H21ClN2/c21-18-6-7-20-19(12-18)16(13-22-20)8-10-23-11-9-17(14-23)15-4-2-1-3-5-15/h1-7,12-13,17,22H,8-11,14H2. The highest BCUT2D eigenvalue weighted by Gasteiger charge is 2.23. The molecule has 1 aromatic heterocycles. The second kappa shape index (κ2) is 6.38. The number of rotatable bonds is 4. The fourth-order valence-corrected chi connectivity index (χ4v) is 3.84. The Labute approximate surface area is 142 Å². The molecule has 2 nitrogen and oxygen atoms in total. The monoisotopic (exact) mass is 324 g/mol. The highest BCUT2D eigenvalue weighted by Crippen LogP contribution is 2.28. The Hall–Kier alpha value is -1.77. The smallest absolute Gasteiger partial charge is 0.0457 e. The quantitative estimate of drug-likeness (QED) is 0.726. The van der Waals surface area contributed by atoms with E-state index in [9.17, 15) is 0 Å². The summed E-state index contributed by atoms with van der Waals surface area (Å²) >= 11 is 6.14. The van der Waals surface area contributed by atoms with Gasteiger partial charge in [-0.2, -0.15) is 0 Å². The summed E-state index contributed by atoms with van der Waals surface area (Å²) in [5, 5.41) is 2.07. The van der Waals surface area contributed by atoms with E-state index in [0.29, 0.717) is 5.92 Å². The summed E-state index contributed by atoms with van der Waals surface area (Å²) in [7, 11) is 0.